The Kier molecular flexibility index (Phi) is 8.97. The van der Waals surface area contributed by atoms with Crippen LogP contribution in [0.4, 0.5) is 0 Å². The molecule has 0 aromatic heterocycles. The van der Waals surface area contributed by atoms with Crippen molar-refractivity contribution in [1.29, 1.82) is 0 Å². The normalized spacial score (nSPS) is 16.7. The Morgan fingerprint density at radius 2 is 1.89 bits per heavy atom. The first-order valence-corrected chi connectivity index (χ1v) is 7.94. The van der Waals surface area contributed by atoms with Crippen molar-refractivity contribution >= 4 is 5.91 Å². The van der Waals surface area contributed by atoms with Crippen LogP contribution in [0.3, 0.4) is 0 Å². The zero-order valence-corrected chi connectivity index (χ0v) is 12.0. The van der Waals surface area contributed by atoms with Gasteiger partial charge in [-0.3, -0.25) is 4.79 Å². The second kappa shape index (κ2) is 10.4. The summed E-state index contributed by atoms with van der Waals surface area (Å²) in [6.07, 6.45) is 16.7. The summed E-state index contributed by atoms with van der Waals surface area (Å²) in [6.45, 7) is 2.24. The summed E-state index contributed by atoms with van der Waals surface area (Å²) in [6, 6.07) is 0.427. The van der Waals surface area contributed by atoms with Crippen LogP contribution in [-0.4, -0.2) is 11.9 Å². The molecule has 0 aliphatic heterocycles. The van der Waals surface area contributed by atoms with Crippen molar-refractivity contribution in [3.05, 3.63) is 6.42 Å². The van der Waals surface area contributed by atoms with Gasteiger partial charge in [0.2, 0.25) is 5.91 Å². The van der Waals surface area contributed by atoms with Crippen molar-refractivity contribution in [2.24, 2.45) is 0 Å². The van der Waals surface area contributed by atoms with Crippen molar-refractivity contribution < 1.29 is 4.79 Å². The van der Waals surface area contributed by atoms with Gasteiger partial charge < -0.3 is 5.32 Å². The van der Waals surface area contributed by atoms with Gasteiger partial charge in [0, 0.05) is 12.5 Å². The highest BCUT2D eigenvalue weighted by Gasteiger charge is 2.15. The summed E-state index contributed by atoms with van der Waals surface area (Å²) < 4.78 is 0. The molecule has 2 heteroatoms. The number of hydrogen-bond donors (Lipinski definition) is 1. The third-order valence-corrected chi connectivity index (χ3v) is 3.78. The third kappa shape index (κ3) is 7.73. The molecule has 18 heavy (non-hydrogen) atoms. The standard InChI is InChI=1S/C16H30NO/c1-2-3-4-5-6-7-11-14-16(18)17-15-12-9-8-10-13-15/h9,15H,2-8,10-14H2,1H3,(H,17,18). The average Bonchev–Trinajstić information content (AvgIpc) is 2.39. The van der Waals surface area contributed by atoms with Crippen molar-refractivity contribution in [1.82, 2.24) is 5.32 Å². The van der Waals surface area contributed by atoms with E-state index >= 15 is 0 Å². The molecule has 105 valence electrons. The minimum absolute atomic E-state index is 0.267. The Bertz CT molecular complexity index is 209. The fourth-order valence-corrected chi connectivity index (χ4v) is 2.62. The molecule has 1 rings (SSSR count). The molecule has 1 unspecified atom stereocenters. The number of nitrogens with one attached hydrogen (secondary N) is 1. The van der Waals surface area contributed by atoms with E-state index in [0.29, 0.717) is 6.04 Å². The van der Waals surface area contributed by atoms with Crippen molar-refractivity contribution in [3.63, 3.8) is 0 Å². The smallest absolute Gasteiger partial charge is 0.220 e. The van der Waals surface area contributed by atoms with Crippen LogP contribution in [0.15, 0.2) is 0 Å². The van der Waals surface area contributed by atoms with Gasteiger partial charge in [-0.1, -0.05) is 58.3 Å². The summed E-state index contributed by atoms with van der Waals surface area (Å²) in [7, 11) is 0. The highest BCUT2D eigenvalue weighted by atomic mass is 16.1. The Morgan fingerprint density at radius 1 is 1.17 bits per heavy atom. The molecule has 0 aromatic carbocycles. The van der Waals surface area contributed by atoms with E-state index in [2.05, 4.69) is 18.7 Å². The van der Waals surface area contributed by atoms with Crippen LogP contribution in [0, 0.1) is 6.42 Å². The molecule has 0 spiro atoms. The number of hydrogen-bond acceptors (Lipinski definition) is 1. The second-order valence-corrected chi connectivity index (χ2v) is 5.59. The minimum atomic E-state index is 0.267. The summed E-state index contributed by atoms with van der Waals surface area (Å²) in [5, 5.41) is 3.16. The van der Waals surface area contributed by atoms with E-state index in [1.165, 1.54) is 57.8 Å². The molecule has 0 aromatic rings. The van der Waals surface area contributed by atoms with E-state index in [0.717, 1.165) is 19.3 Å². The van der Waals surface area contributed by atoms with Crippen LogP contribution >= 0.6 is 0 Å². The summed E-state index contributed by atoms with van der Waals surface area (Å²) in [4.78, 5) is 11.7. The van der Waals surface area contributed by atoms with Gasteiger partial charge in [-0.15, -0.1) is 0 Å². The highest BCUT2D eigenvalue weighted by Crippen LogP contribution is 2.16. The maximum absolute atomic E-state index is 11.7. The lowest BCUT2D eigenvalue weighted by Gasteiger charge is -2.22. The number of carbonyl (C=O) groups is 1. The van der Waals surface area contributed by atoms with Crippen molar-refractivity contribution in [2.75, 3.05) is 0 Å². The zero-order valence-electron chi connectivity index (χ0n) is 12.0. The third-order valence-electron chi connectivity index (χ3n) is 3.78. The van der Waals surface area contributed by atoms with E-state index in [4.69, 9.17) is 0 Å². The molecule has 1 N–H and O–H groups in total. The Balaban J connectivity index is 1.90. The predicted octanol–water partition coefficient (Wildman–Crippen LogP) is 4.39. The van der Waals surface area contributed by atoms with E-state index in [1.807, 2.05) is 0 Å². The molecule has 1 aliphatic carbocycles. The highest BCUT2D eigenvalue weighted by molar-refractivity contribution is 5.76. The van der Waals surface area contributed by atoms with Gasteiger partial charge >= 0.3 is 0 Å². The molecule has 0 heterocycles. The second-order valence-electron chi connectivity index (χ2n) is 5.59. The first-order chi connectivity index (χ1) is 8.83. The first-order valence-electron chi connectivity index (χ1n) is 7.94. The molecule has 1 amide bonds. The zero-order chi connectivity index (χ0) is 13.1. The van der Waals surface area contributed by atoms with Gasteiger partial charge in [0.25, 0.3) is 0 Å². The lowest BCUT2D eigenvalue weighted by Crippen LogP contribution is -2.36. The summed E-state index contributed by atoms with van der Waals surface area (Å²) in [5.41, 5.74) is 0. The maximum atomic E-state index is 11.7. The van der Waals surface area contributed by atoms with Crippen molar-refractivity contribution in [3.8, 4) is 0 Å². The van der Waals surface area contributed by atoms with Crippen LogP contribution in [-0.2, 0) is 4.79 Å². The predicted molar refractivity (Wildman–Crippen MR) is 77.3 cm³/mol. The summed E-state index contributed by atoms with van der Waals surface area (Å²) >= 11 is 0. The monoisotopic (exact) mass is 252 g/mol. The van der Waals surface area contributed by atoms with E-state index in [-0.39, 0.29) is 5.91 Å². The number of amides is 1. The average molecular weight is 252 g/mol. The van der Waals surface area contributed by atoms with E-state index in [9.17, 15) is 4.79 Å². The van der Waals surface area contributed by atoms with E-state index < -0.39 is 0 Å². The molecule has 1 radical (unpaired) electrons. The van der Waals surface area contributed by atoms with Gasteiger partial charge in [0.1, 0.15) is 0 Å². The molecule has 1 aliphatic rings. The number of carbonyl (C=O) groups excluding carboxylic acids is 1. The lowest BCUT2D eigenvalue weighted by molar-refractivity contribution is -0.122. The minimum Gasteiger partial charge on any atom is -0.353 e. The fourth-order valence-electron chi connectivity index (χ4n) is 2.62. The number of unbranched alkanes of at least 4 members (excludes halogenated alkanes) is 6. The summed E-state index contributed by atoms with van der Waals surface area (Å²) in [5.74, 6) is 0.267. The Morgan fingerprint density at radius 3 is 2.56 bits per heavy atom. The molecule has 2 nitrogen and oxygen atoms in total. The van der Waals surface area contributed by atoms with Gasteiger partial charge in [0.15, 0.2) is 0 Å². The van der Waals surface area contributed by atoms with Crippen molar-refractivity contribution in [2.45, 2.75) is 90.0 Å². The van der Waals surface area contributed by atoms with Crippen LogP contribution in [0.2, 0.25) is 0 Å². The molecule has 1 fully saturated rings. The lowest BCUT2D eigenvalue weighted by atomic mass is 9.95. The Hall–Kier alpha value is -0.530. The van der Waals surface area contributed by atoms with Crippen LogP contribution in [0.25, 0.3) is 0 Å². The topological polar surface area (TPSA) is 29.1 Å². The SMILES string of the molecule is CCCCCCCCCC(=O)NC1C[CH]CCC1. The van der Waals surface area contributed by atoms with Gasteiger partial charge in [-0.2, -0.15) is 0 Å². The van der Waals surface area contributed by atoms with Crippen LogP contribution in [0.5, 0.6) is 0 Å². The van der Waals surface area contributed by atoms with E-state index in [1.54, 1.807) is 0 Å². The first kappa shape index (κ1) is 15.5. The van der Waals surface area contributed by atoms with Gasteiger partial charge in [-0.05, 0) is 25.7 Å². The number of rotatable bonds is 9. The molecular formula is C16H30NO. The molecule has 1 saturated carbocycles. The molecule has 0 saturated heterocycles. The van der Waals surface area contributed by atoms with Gasteiger partial charge in [-0.25, -0.2) is 0 Å². The van der Waals surface area contributed by atoms with Gasteiger partial charge in [0.05, 0.1) is 0 Å². The molecular weight excluding hydrogens is 222 g/mol. The fraction of sp³-hybridized carbons (Fsp3) is 0.875. The van der Waals surface area contributed by atoms with Crippen LogP contribution < -0.4 is 5.32 Å². The Labute approximate surface area is 113 Å². The molecule has 1 atom stereocenters. The quantitative estimate of drug-likeness (QED) is 0.606. The van der Waals surface area contributed by atoms with Crippen LogP contribution in [0.1, 0.15) is 84.0 Å². The molecule has 0 bridgehead atoms. The maximum Gasteiger partial charge on any atom is 0.220 e. The largest absolute Gasteiger partial charge is 0.353 e.